The van der Waals surface area contributed by atoms with Gasteiger partial charge in [0, 0.05) is 30.3 Å². The first-order chi connectivity index (χ1) is 7.70. The fourth-order valence-corrected chi connectivity index (χ4v) is 2.18. The summed E-state index contributed by atoms with van der Waals surface area (Å²) in [5.74, 6) is 0.366. The van der Waals surface area contributed by atoms with Crippen LogP contribution in [-0.4, -0.2) is 30.6 Å². The molecule has 0 aromatic heterocycles. The molecule has 2 unspecified atom stereocenters. The van der Waals surface area contributed by atoms with Crippen molar-refractivity contribution in [2.45, 2.75) is 19.4 Å². The predicted octanol–water partition coefficient (Wildman–Crippen LogP) is 1.71. The standard InChI is InChI=1S/C13H17NO2/c1-10(16)12-6-7-14(8-12)13-4-2-11(9-15)3-5-13/h2-5,9-10,12,16H,6-8H2,1H3. The molecular formula is C13H17NO2. The minimum atomic E-state index is -0.237. The minimum absolute atomic E-state index is 0.237. The molecule has 0 aliphatic carbocycles. The van der Waals surface area contributed by atoms with Crippen molar-refractivity contribution in [1.29, 1.82) is 0 Å². The summed E-state index contributed by atoms with van der Waals surface area (Å²) in [5.41, 5.74) is 1.84. The monoisotopic (exact) mass is 219 g/mol. The van der Waals surface area contributed by atoms with Crippen LogP contribution in [-0.2, 0) is 0 Å². The molecule has 86 valence electrons. The molecule has 1 heterocycles. The van der Waals surface area contributed by atoms with Crippen molar-refractivity contribution >= 4 is 12.0 Å². The van der Waals surface area contributed by atoms with Gasteiger partial charge in [-0.2, -0.15) is 0 Å². The zero-order valence-electron chi connectivity index (χ0n) is 9.47. The zero-order valence-corrected chi connectivity index (χ0v) is 9.47. The first-order valence-electron chi connectivity index (χ1n) is 5.69. The molecule has 1 saturated heterocycles. The molecular weight excluding hydrogens is 202 g/mol. The number of benzene rings is 1. The van der Waals surface area contributed by atoms with E-state index in [0.717, 1.165) is 31.5 Å². The largest absolute Gasteiger partial charge is 0.393 e. The molecule has 1 aliphatic heterocycles. The second-order valence-corrected chi connectivity index (χ2v) is 4.44. The quantitative estimate of drug-likeness (QED) is 0.787. The van der Waals surface area contributed by atoms with Crippen molar-refractivity contribution in [2.24, 2.45) is 5.92 Å². The lowest BCUT2D eigenvalue weighted by atomic mass is 10.0. The molecule has 1 N–H and O–H groups in total. The lowest BCUT2D eigenvalue weighted by Gasteiger charge is -2.19. The highest BCUT2D eigenvalue weighted by Crippen LogP contribution is 2.25. The molecule has 0 radical (unpaired) electrons. The molecule has 2 atom stereocenters. The Morgan fingerprint density at radius 2 is 2.12 bits per heavy atom. The van der Waals surface area contributed by atoms with Crippen LogP contribution in [0, 0.1) is 5.92 Å². The molecule has 16 heavy (non-hydrogen) atoms. The van der Waals surface area contributed by atoms with Crippen LogP contribution in [0.1, 0.15) is 23.7 Å². The van der Waals surface area contributed by atoms with E-state index in [4.69, 9.17) is 0 Å². The number of hydrogen-bond donors (Lipinski definition) is 1. The molecule has 1 aliphatic rings. The van der Waals surface area contributed by atoms with E-state index in [1.807, 2.05) is 31.2 Å². The molecule has 0 spiro atoms. The summed E-state index contributed by atoms with van der Waals surface area (Å²) in [6, 6.07) is 7.60. The fraction of sp³-hybridized carbons (Fsp3) is 0.462. The third kappa shape index (κ3) is 2.25. The van der Waals surface area contributed by atoms with Crippen molar-refractivity contribution in [2.75, 3.05) is 18.0 Å². The van der Waals surface area contributed by atoms with Crippen molar-refractivity contribution in [3.8, 4) is 0 Å². The SMILES string of the molecule is CC(O)C1CCN(c2ccc(C=O)cc2)C1. The highest BCUT2D eigenvalue weighted by Gasteiger charge is 2.25. The average molecular weight is 219 g/mol. The number of nitrogens with zero attached hydrogens (tertiary/aromatic N) is 1. The van der Waals surface area contributed by atoms with Gasteiger partial charge in [0.1, 0.15) is 6.29 Å². The van der Waals surface area contributed by atoms with Gasteiger partial charge in [-0.3, -0.25) is 4.79 Å². The first kappa shape index (κ1) is 11.1. The topological polar surface area (TPSA) is 40.5 Å². The van der Waals surface area contributed by atoms with Crippen LogP contribution < -0.4 is 4.90 Å². The van der Waals surface area contributed by atoms with Crippen molar-refractivity contribution in [1.82, 2.24) is 0 Å². The molecule has 2 rings (SSSR count). The Morgan fingerprint density at radius 3 is 2.62 bits per heavy atom. The number of rotatable bonds is 3. The lowest BCUT2D eigenvalue weighted by Crippen LogP contribution is -2.23. The second kappa shape index (κ2) is 4.66. The second-order valence-electron chi connectivity index (χ2n) is 4.44. The van der Waals surface area contributed by atoms with Gasteiger partial charge in [0.2, 0.25) is 0 Å². The van der Waals surface area contributed by atoms with Crippen LogP contribution in [0.2, 0.25) is 0 Å². The minimum Gasteiger partial charge on any atom is -0.393 e. The Labute approximate surface area is 95.7 Å². The van der Waals surface area contributed by atoms with Gasteiger partial charge in [-0.15, -0.1) is 0 Å². The van der Waals surface area contributed by atoms with Gasteiger partial charge in [0.05, 0.1) is 6.10 Å². The summed E-state index contributed by atoms with van der Waals surface area (Å²) in [6.45, 7) is 3.73. The molecule has 3 nitrogen and oxygen atoms in total. The van der Waals surface area contributed by atoms with E-state index >= 15 is 0 Å². The summed E-state index contributed by atoms with van der Waals surface area (Å²) in [5, 5.41) is 9.53. The molecule has 1 aromatic rings. The molecule has 3 heteroatoms. The summed E-state index contributed by atoms with van der Waals surface area (Å²) >= 11 is 0. The number of anilines is 1. The summed E-state index contributed by atoms with van der Waals surface area (Å²) in [7, 11) is 0. The van der Waals surface area contributed by atoms with Gasteiger partial charge >= 0.3 is 0 Å². The van der Waals surface area contributed by atoms with Gasteiger partial charge in [0.25, 0.3) is 0 Å². The van der Waals surface area contributed by atoms with E-state index in [1.54, 1.807) is 0 Å². The van der Waals surface area contributed by atoms with Crippen molar-refractivity contribution in [3.05, 3.63) is 29.8 Å². The van der Waals surface area contributed by atoms with E-state index in [0.29, 0.717) is 11.5 Å². The summed E-state index contributed by atoms with van der Waals surface area (Å²) in [4.78, 5) is 12.8. The Bertz CT molecular complexity index is 359. The zero-order chi connectivity index (χ0) is 11.5. The van der Waals surface area contributed by atoms with Gasteiger partial charge in [-0.25, -0.2) is 0 Å². The summed E-state index contributed by atoms with van der Waals surface area (Å²) < 4.78 is 0. The number of aliphatic hydroxyl groups is 1. The number of hydrogen-bond acceptors (Lipinski definition) is 3. The third-order valence-corrected chi connectivity index (χ3v) is 3.30. The lowest BCUT2D eigenvalue weighted by molar-refractivity contribution is 0.112. The number of carbonyl (C=O) groups excluding carboxylic acids is 1. The Balaban J connectivity index is 2.05. The van der Waals surface area contributed by atoms with Crippen LogP contribution in [0.5, 0.6) is 0 Å². The van der Waals surface area contributed by atoms with Gasteiger partial charge in [0.15, 0.2) is 0 Å². The van der Waals surface area contributed by atoms with Crippen LogP contribution in [0.3, 0.4) is 0 Å². The number of aliphatic hydroxyl groups excluding tert-OH is 1. The van der Waals surface area contributed by atoms with Crippen LogP contribution in [0.25, 0.3) is 0 Å². The number of aldehydes is 1. The average Bonchev–Trinajstić information content (AvgIpc) is 2.78. The Hall–Kier alpha value is -1.35. The highest BCUT2D eigenvalue weighted by atomic mass is 16.3. The molecule has 0 bridgehead atoms. The molecule has 1 aromatic carbocycles. The number of carbonyl (C=O) groups is 1. The van der Waals surface area contributed by atoms with E-state index in [2.05, 4.69) is 4.90 Å². The molecule has 1 fully saturated rings. The Kier molecular flexibility index (Phi) is 3.25. The van der Waals surface area contributed by atoms with Gasteiger partial charge in [-0.05, 0) is 37.6 Å². The maximum absolute atomic E-state index is 10.5. The van der Waals surface area contributed by atoms with Crippen LogP contribution in [0.15, 0.2) is 24.3 Å². The van der Waals surface area contributed by atoms with Crippen LogP contribution in [0.4, 0.5) is 5.69 Å². The van der Waals surface area contributed by atoms with E-state index in [-0.39, 0.29) is 6.10 Å². The summed E-state index contributed by atoms with van der Waals surface area (Å²) in [6.07, 6.45) is 1.65. The van der Waals surface area contributed by atoms with Crippen molar-refractivity contribution < 1.29 is 9.90 Å². The van der Waals surface area contributed by atoms with E-state index < -0.39 is 0 Å². The van der Waals surface area contributed by atoms with E-state index in [1.165, 1.54) is 0 Å². The smallest absolute Gasteiger partial charge is 0.150 e. The maximum atomic E-state index is 10.5. The molecule has 0 saturated carbocycles. The molecule has 0 amide bonds. The fourth-order valence-electron chi connectivity index (χ4n) is 2.18. The van der Waals surface area contributed by atoms with Crippen LogP contribution >= 0.6 is 0 Å². The maximum Gasteiger partial charge on any atom is 0.150 e. The van der Waals surface area contributed by atoms with Gasteiger partial charge in [-0.1, -0.05) is 0 Å². The predicted molar refractivity (Wildman–Crippen MR) is 63.8 cm³/mol. The third-order valence-electron chi connectivity index (χ3n) is 3.30. The Morgan fingerprint density at radius 1 is 1.44 bits per heavy atom. The highest BCUT2D eigenvalue weighted by molar-refractivity contribution is 5.75. The normalized spacial score (nSPS) is 22.1. The van der Waals surface area contributed by atoms with Crippen molar-refractivity contribution in [3.63, 3.8) is 0 Å². The first-order valence-corrected chi connectivity index (χ1v) is 5.69. The van der Waals surface area contributed by atoms with E-state index in [9.17, 15) is 9.90 Å². The van der Waals surface area contributed by atoms with Gasteiger partial charge < -0.3 is 10.0 Å².